The molecule has 0 bridgehead atoms. The van der Waals surface area contributed by atoms with Crippen molar-refractivity contribution in [3.63, 3.8) is 0 Å². The van der Waals surface area contributed by atoms with Crippen molar-refractivity contribution < 1.29 is 8.78 Å². The summed E-state index contributed by atoms with van der Waals surface area (Å²) in [6.07, 6.45) is 0. The van der Waals surface area contributed by atoms with E-state index in [0.717, 1.165) is 12.1 Å². The summed E-state index contributed by atoms with van der Waals surface area (Å²) in [5.41, 5.74) is 0.521. The van der Waals surface area contributed by atoms with E-state index in [1.54, 1.807) is 6.92 Å². The fourth-order valence-electron chi connectivity index (χ4n) is 1.48. The summed E-state index contributed by atoms with van der Waals surface area (Å²) in [7, 11) is 0. The molecule has 2 rings (SSSR count). The second kappa shape index (κ2) is 3.05. The van der Waals surface area contributed by atoms with Gasteiger partial charge in [-0.25, -0.2) is 13.6 Å². The Morgan fingerprint density at radius 3 is 2.60 bits per heavy atom. The number of nitrogens with zero attached hydrogens (tertiary/aromatic N) is 1. The number of rotatable bonds is 1. The number of nitrogens with one attached hydrogen (secondary N) is 1. The first-order valence-electron chi connectivity index (χ1n) is 4.26. The Morgan fingerprint density at radius 2 is 2.00 bits per heavy atom. The summed E-state index contributed by atoms with van der Waals surface area (Å²) in [5, 5.41) is 0. The van der Waals surface area contributed by atoms with Crippen molar-refractivity contribution in [2.45, 2.75) is 6.92 Å². The van der Waals surface area contributed by atoms with Crippen LogP contribution in [-0.4, -0.2) is 9.55 Å². The third-order valence-electron chi connectivity index (χ3n) is 2.11. The maximum Gasteiger partial charge on any atom is 0.330 e. The molecule has 0 amide bonds. The van der Waals surface area contributed by atoms with Gasteiger partial charge in [-0.15, -0.1) is 0 Å². The SMILES string of the molecule is C=C(C)n1c(=O)[nH]c2cc(F)c(F)cc21. The van der Waals surface area contributed by atoms with Crippen LogP contribution in [0.4, 0.5) is 8.78 Å². The maximum atomic E-state index is 13.0. The van der Waals surface area contributed by atoms with E-state index < -0.39 is 17.3 Å². The number of benzene rings is 1. The molecule has 0 atom stereocenters. The summed E-state index contributed by atoms with van der Waals surface area (Å²) in [6.45, 7) is 5.19. The van der Waals surface area contributed by atoms with Crippen LogP contribution in [0.3, 0.4) is 0 Å². The molecule has 78 valence electrons. The smallest absolute Gasteiger partial charge is 0.305 e. The quantitative estimate of drug-likeness (QED) is 0.768. The molecule has 5 heteroatoms. The fraction of sp³-hybridized carbons (Fsp3) is 0.100. The van der Waals surface area contributed by atoms with E-state index in [4.69, 9.17) is 0 Å². The van der Waals surface area contributed by atoms with Crippen LogP contribution in [0.25, 0.3) is 16.7 Å². The third kappa shape index (κ3) is 1.36. The number of imidazole rings is 1. The fourth-order valence-corrected chi connectivity index (χ4v) is 1.48. The van der Waals surface area contributed by atoms with E-state index in [9.17, 15) is 13.6 Å². The second-order valence-electron chi connectivity index (χ2n) is 3.28. The van der Waals surface area contributed by atoms with Crippen LogP contribution in [0.15, 0.2) is 23.5 Å². The Morgan fingerprint density at radius 1 is 1.40 bits per heavy atom. The standard InChI is InChI=1S/C10H8F2N2O/c1-5(2)14-9-4-7(12)6(11)3-8(9)13-10(14)15/h3-4H,1H2,2H3,(H,13,15). The van der Waals surface area contributed by atoms with Gasteiger partial charge in [0.25, 0.3) is 0 Å². The largest absolute Gasteiger partial charge is 0.330 e. The van der Waals surface area contributed by atoms with Crippen LogP contribution in [0.2, 0.25) is 0 Å². The van der Waals surface area contributed by atoms with Crippen LogP contribution in [0, 0.1) is 11.6 Å². The van der Waals surface area contributed by atoms with E-state index in [-0.39, 0.29) is 11.0 Å². The highest BCUT2D eigenvalue weighted by Gasteiger charge is 2.11. The summed E-state index contributed by atoms with van der Waals surface area (Å²) in [6, 6.07) is 1.92. The maximum absolute atomic E-state index is 13.0. The van der Waals surface area contributed by atoms with Gasteiger partial charge in [0.2, 0.25) is 0 Å². The van der Waals surface area contributed by atoms with Gasteiger partial charge >= 0.3 is 5.69 Å². The molecule has 0 aliphatic carbocycles. The van der Waals surface area contributed by atoms with Gasteiger partial charge in [-0.3, -0.25) is 4.57 Å². The number of aromatic nitrogens is 2. The molecule has 0 aliphatic heterocycles. The average molecular weight is 210 g/mol. The van der Waals surface area contributed by atoms with Crippen molar-refractivity contribution in [3.05, 3.63) is 40.8 Å². The molecule has 0 radical (unpaired) electrons. The minimum atomic E-state index is -0.989. The van der Waals surface area contributed by atoms with E-state index in [1.807, 2.05) is 0 Å². The molecule has 1 N–H and O–H groups in total. The Kier molecular flexibility index (Phi) is 1.96. The van der Waals surface area contributed by atoms with Crippen molar-refractivity contribution >= 4 is 16.7 Å². The number of allylic oxidation sites excluding steroid dienone is 1. The third-order valence-corrected chi connectivity index (χ3v) is 2.11. The minimum Gasteiger partial charge on any atom is -0.305 e. The number of hydrogen-bond acceptors (Lipinski definition) is 1. The lowest BCUT2D eigenvalue weighted by Gasteiger charge is -2.00. The topological polar surface area (TPSA) is 37.8 Å². The minimum absolute atomic E-state index is 0.252. The first-order chi connectivity index (χ1) is 7.00. The first kappa shape index (κ1) is 9.64. The molecule has 2 aromatic rings. The van der Waals surface area contributed by atoms with E-state index >= 15 is 0 Å². The number of aromatic amines is 1. The Balaban J connectivity index is 2.94. The predicted octanol–water partition coefficient (Wildman–Crippen LogP) is 2.10. The van der Waals surface area contributed by atoms with Crippen LogP contribution >= 0.6 is 0 Å². The Hall–Kier alpha value is -1.91. The molecule has 1 aromatic carbocycles. The lowest BCUT2D eigenvalue weighted by molar-refractivity contribution is 0.510. The molecule has 0 saturated heterocycles. The van der Waals surface area contributed by atoms with E-state index in [1.165, 1.54) is 4.57 Å². The van der Waals surface area contributed by atoms with Gasteiger partial charge in [0, 0.05) is 17.8 Å². The molecule has 0 saturated carbocycles. The van der Waals surface area contributed by atoms with Crippen LogP contribution in [0.5, 0.6) is 0 Å². The van der Waals surface area contributed by atoms with Crippen molar-refractivity contribution in [2.24, 2.45) is 0 Å². The van der Waals surface area contributed by atoms with Crippen LogP contribution < -0.4 is 5.69 Å². The molecule has 1 heterocycles. The highest BCUT2D eigenvalue weighted by molar-refractivity contribution is 5.78. The molecule has 3 nitrogen and oxygen atoms in total. The average Bonchev–Trinajstić information content (AvgIpc) is 2.41. The molecule has 15 heavy (non-hydrogen) atoms. The van der Waals surface area contributed by atoms with Crippen molar-refractivity contribution in [1.29, 1.82) is 0 Å². The molecular formula is C10H8F2N2O. The zero-order valence-electron chi connectivity index (χ0n) is 7.97. The monoisotopic (exact) mass is 210 g/mol. The molecular weight excluding hydrogens is 202 g/mol. The molecule has 0 unspecified atom stereocenters. The molecule has 0 spiro atoms. The van der Waals surface area contributed by atoms with Gasteiger partial charge < -0.3 is 4.98 Å². The Labute approximate surface area is 83.6 Å². The summed E-state index contributed by atoms with van der Waals surface area (Å²) in [4.78, 5) is 13.8. The van der Waals surface area contributed by atoms with E-state index in [2.05, 4.69) is 11.6 Å². The van der Waals surface area contributed by atoms with Crippen LogP contribution in [-0.2, 0) is 0 Å². The first-order valence-corrected chi connectivity index (χ1v) is 4.26. The highest BCUT2D eigenvalue weighted by Crippen LogP contribution is 2.17. The molecule has 0 aliphatic rings. The van der Waals surface area contributed by atoms with Gasteiger partial charge in [0.1, 0.15) is 0 Å². The van der Waals surface area contributed by atoms with Gasteiger partial charge in [-0.05, 0) is 6.92 Å². The van der Waals surface area contributed by atoms with Crippen molar-refractivity contribution in [3.8, 4) is 0 Å². The van der Waals surface area contributed by atoms with Gasteiger partial charge in [0.15, 0.2) is 11.6 Å². The lowest BCUT2D eigenvalue weighted by atomic mass is 10.3. The van der Waals surface area contributed by atoms with E-state index in [0.29, 0.717) is 5.70 Å². The lowest BCUT2D eigenvalue weighted by Crippen LogP contribution is -2.13. The number of hydrogen-bond donors (Lipinski definition) is 1. The normalized spacial score (nSPS) is 10.9. The highest BCUT2D eigenvalue weighted by atomic mass is 19.2. The zero-order chi connectivity index (χ0) is 11.2. The molecule has 1 aromatic heterocycles. The van der Waals surface area contributed by atoms with Gasteiger partial charge in [-0.1, -0.05) is 6.58 Å². The van der Waals surface area contributed by atoms with Gasteiger partial charge in [-0.2, -0.15) is 0 Å². The summed E-state index contributed by atoms with van der Waals surface area (Å²) in [5.74, 6) is -1.98. The Bertz CT molecular complexity index is 610. The number of fused-ring (bicyclic) bond motifs is 1. The van der Waals surface area contributed by atoms with Crippen molar-refractivity contribution in [1.82, 2.24) is 9.55 Å². The van der Waals surface area contributed by atoms with Crippen molar-refractivity contribution in [2.75, 3.05) is 0 Å². The summed E-state index contributed by atoms with van der Waals surface area (Å²) < 4.78 is 27.0. The zero-order valence-corrected chi connectivity index (χ0v) is 7.97. The second-order valence-corrected chi connectivity index (χ2v) is 3.28. The molecule has 0 fully saturated rings. The predicted molar refractivity (Wildman–Crippen MR) is 53.5 cm³/mol. The van der Waals surface area contributed by atoms with Crippen LogP contribution in [0.1, 0.15) is 6.92 Å². The number of halogens is 2. The van der Waals surface area contributed by atoms with Gasteiger partial charge in [0.05, 0.1) is 11.0 Å². The number of H-pyrrole nitrogens is 1. The summed E-state index contributed by atoms with van der Waals surface area (Å²) >= 11 is 0.